The molecule has 9 heteroatoms. The second-order valence-corrected chi connectivity index (χ2v) is 6.81. The minimum absolute atomic E-state index is 0.307. The molecule has 2 atom stereocenters. The van der Waals surface area contributed by atoms with E-state index in [0.717, 1.165) is 10.9 Å². The largest absolute Gasteiger partial charge is 0.366 e. The van der Waals surface area contributed by atoms with Crippen LogP contribution < -0.4 is 16.4 Å². The van der Waals surface area contributed by atoms with Gasteiger partial charge in [-0.2, -0.15) is 5.10 Å². The number of primary amides is 1. The molecule has 9 nitrogen and oxygen atoms in total. The maximum atomic E-state index is 13.1. The molecule has 5 N–H and O–H groups in total. The molecule has 0 bridgehead atoms. The smallest absolute Gasteiger partial charge is 0.341 e. The minimum atomic E-state index is -0.716. The van der Waals surface area contributed by atoms with E-state index in [2.05, 4.69) is 25.8 Å². The Hall–Kier alpha value is -4.01. The molecule has 2 unspecified atom stereocenters. The Balaban J connectivity index is 1.63. The first kappa shape index (κ1) is 18.4. The second-order valence-electron chi connectivity index (χ2n) is 6.81. The summed E-state index contributed by atoms with van der Waals surface area (Å²) in [6, 6.07) is 10.7. The second kappa shape index (κ2) is 7.19. The van der Waals surface area contributed by atoms with E-state index in [0.29, 0.717) is 22.5 Å². The van der Waals surface area contributed by atoms with E-state index < -0.39 is 23.9 Å². The average molecular weight is 390 g/mol. The molecule has 29 heavy (non-hydrogen) atoms. The molecule has 146 valence electrons. The summed E-state index contributed by atoms with van der Waals surface area (Å²) in [4.78, 5) is 40.2. The van der Waals surface area contributed by atoms with Gasteiger partial charge >= 0.3 is 6.03 Å². The molecule has 0 spiro atoms. The van der Waals surface area contributed by atoms with Gasteiger partial charge < -0.3 is 16.4 Å². The molecule has 2 heterocycles. The number of nitrogens with zero attached hydrogens (tertiary/aromatic N) is 2. The van der Waals surface area contributed by atoms with Crippen LogP contribution in [0.3, 0.4) is 0 Å². The van der Waals surface area contributed by atoms with Crippen LogP contribution in [0.15, 0.2) is 53.7 Å². The summed E-state index contributed by atoms with van der Waals surface area (Å²) in [6.45, 7) is 1.65. The van der Waals surface area contributed by atoms with Crippen LogP contribution in [-0.2, 0) is 4.79 Å². The zero-order chi connectivity index (χ0) is 20.5. The molecule has 2 aromatic carbocycles. The van der Waals surface area contributed by atoms with E-state index in [1.807, 2.05) is 6.07 Å². The normalized spacial score (nSPS) is 18.8. The van der Waals surface area contributed by atoms with Crippen LogP contribution in [0.2, 0.25) is 0 Å². The van der Waals surface area contributed by atoms with Crippen LogP contribution in [0, 0.1) is 5.92 Å². The number of fused-ring (bicyclic) bond motifs is 1. The van der Waals surface area contributed by atoms with Gasteiger partial charge in [-0.15, -0.1) is 0 Å². The summed E-state index contributed by atoms with van der Waals surface area (Å²) in [5.41, 5.74) is 8.16. The zero-order valence-electron chi connectivity index (χ0n) is 15.5. The van der Waals surface area contributed by atoms with Crippen molar-refractivity contribution < 1.29 is 14.4 Å². The fraction of sp³-hybridized carbons (Fsp3) is 0.150. The summed E-state index contributed by atoms with van der Waals surface area (Å²) >= 11 is 0. The number of carbonyl (C=O) groups is 3. The molecule has 4 rings (SSSR count). The molecule has 0 radical (unpaired) electrons. The lowest BCUT2D eigenvalue weighted by atomic mass is 9.87. The number of aliphatic imine (C=N–C) groups is 1. The Morgan fingerprint density at radius 1 is 1.14 bits per heavy atom. The van der Waals surface area contributed by atoms with Crippen molar-refractivity contribution in [2.75, 3.05) is 5.32 Å². The SMILES string of the molecule is CC1=NC(=O)NC(c2ccc(C(N)=O)cc2)C1C(=O)Nc1ccc2[nH]ncc2c1. The number of rotatable bonds is 4. The van der Waals surface area contributed by atoms with Crippen LogP contribution in [0.1, 0.15) is 28.9 Å². The molecule has 3 aromatic rings. The number of anilines is 1. The first-order valence-electron chi connectivity index (χ1n) is 8.92. The van der Waals surface area contributed by atoms with Gasteiger partial charge in [0.2, 0.25) is 11.8 Å². The summed E-state index contributed by atoms with van der Waals surface area (Å²) in [6.07, 6.45) is 1.67. The third kappa shape index (κ3) is 3.57. The molecule has 0 saturated carbocycles. The monoisotopic (exact) mass is 390 g/mol. The molecule has 1 aliphatic rings. The van der Waals surface area contributed by atoms with Gasteiger partial charge in [-0.05, 0) is 42.8 Å². The third-order valence-electron chi connectivity index (χ3n) is 4.88. The Morgan fingerprint density at radius 2 is 1.90 bits per heavy atom. The lowest BCUT2D eigenvalue weighted by Gasteiger charge is -2.30. The number of amides is 4. The standard InChI is InChI=1S/C20H18N6O3/c1-10-16(19(28)24-14-6-7-15-13(8-14)9-22-26-15)17(25-20(29)23-10)11-2-4-12(5-3-11)18(21)27/h2-9,16-17H,1H3,(H2,21,27)(H,22,26)(H,24,28)(H,25,29). The molecule has 0 aliphatic carbocycles. The maximum absolute atomic E-state index is 13.1. The lowest BCUT2D eigenvalue weighted by Crippen LogP contribution is -2.45. The summed E-state index contributed by atoms with van der Waals surface area (Å²) in [7, 11) is 0. The quantitative estimate of drug-likeness (QED) is 0.541. The van der Waals surface area contributed by atoms with E-state index in [-0.39, 0.29) is 5.91 Å². The predicted octanol–water partition coefficient (Wildman–Crippen LogP) is 2.14. The number of nitrogens with two attached hydrogens (primary N) is 1. The fourth-order valence-electron chi connectivity index (χ4n) is 3.43. The van der Waals surface area contributed by atoms with Crippen molar-refractivity contribution in [2.45, 2.75) is 13.0 Å². The van der Waals surface area contributed by atoms with Gasteiger partial charge in [0.1, 0.15) is 5.92 Å². The van der Waals surface area contributed by atoms with Crippen molar-refractivity contribution >= 4 is 40.1 Å². The van der Waals surface area contributed by atoms with Gasteiger partial charge in [0, 0.05) is 22.3 Å². The lowest BCUT2D eigenvalue weighted by molar-refractivity contribution is -0.118. The van der Waals surface area contributed by atoms with Crippen molar-refractivity contribution in [3.63, 3.8) is 0 Å². The number of hydrogen-bond donors (Lipinski definition) is 4. The molecule has 4 amide bonds. The highest BCUT2D eigenvalue weighted by molar-refractivity contribution is 6.13. The van der Waals surface area contributed by atoms with Crippen molar-refractivity contribution in [1.29, 1.82) is 0 Å². The number of carbonyl (C=O) groups excluding carboxylic acids is 3. The van der Waals surface area contributed by atoms with E-state index in [1.54, 1.807) is 49.5 Å². The van der Waals surface area contributed by atoms with E-state index in [4.69, 9.17) is 5.73 Å². The number of hydrogen-bond acceptors (Lipinski definition) is 4. The molecule has 1 aliphatic heterocycles. The molecular weight excluding hydrogens is 372 g/mol. The van der Waals surface area contributed by atoms with Gasteiger partial charge in [0.25, 0.3) is 0 Å². The van der Waals surface area contributed by atoms with Gasteiger partial charge in [-0.25, -0.2) is 9.79 Å². The molecule has 1 aromatic heterocycles. The minimum Gasteiger partial charge on any atom is -0.366 e. The highest BCUT2D eigenvalue weighted by Gasteiger charge is 2.36. The number of benzene rings is 2. The van der Waals surface area contributed by atoms with Crippen molar-refractivity contribution in [2.24, 2.45) is 16.6 Å². The summed E-state index contributed by atoms with van der Waals surface area (Å²) < 4.78 is 0. The Kier molecular flexibility index (Phi) is 4.55. The van der Waals surface area contributed by atoms with Crippen LogP contribution in [0.25, 0.3) is 10.9 Å². The van der Waals surface area contributed by atoms with Gasteiger partial charge in [0.15, 0.2) is 0 Å². The highest BCUT2D eigenvalue weighted by atomic mass is 16.2. The van der Waals surface area contributed by atoms with Crippen molar-refractivity contribution in [3.05, 3.63) is 59.8 Å². The first-order valence-corrected chi connectivity index (χ1v) is 8.92. The van der Waals surface area contributed by atoms with E-state index in [9.17, 15) is 14.4 Å². The molecule has 0 fully saturated rings. The van der Waals surface area contributed by atoms with Crippen LogP contribution in [-0.4, -0.2) is 33.8 Å². The molecular formula is C20H18N6O3. The predicted molar refractivity (Wildman–Crippen MR) is 108 cm³/mol. The Labute approximate surface area is 165 Å². The van der Waals surface area contributed by atoms with Gasteiger partial charge in [-0.1, -0.05) is 12.1 Å². The Morgan fingerprint density at radius 3 is 2.62 bits per heavy atom. The van der Waals surface area contributed by atoms with E-state index >= 15 is 0 Å². The summed E-state index contributed by atoms with van der Waals surface area (Å²) in [5, 5.41) is 13.3. The number of H-pyrrole nitrogens is 1. The third-order valence-corrected chi connectivity index (χ3v) is 4.88. The summed E-state index contributed by atoms with van der Waals surface area (Å²) in [5.74, 6) is -1.57. The maximum Gasteiger partial charge on any atom is 0.341 e. The van der Waals surface area contributed by atoms with Gasteiger partial charge in [0.05, 0.1) is 17.8 Å². The van der Waals surface area contributed by atoms with Crippen molar-refractivity contribution in [3.8, 4) is 0 Å². The first-order chi connectivity index (χ1) is 13.9. The Bertz CT molecular complexity index is 1150. The number of aromatic nitrogens is 2. The average Bonchev–Trinajstić information content (AvgIpc) is 3.15. The highest BCUT2D eigenvalue weighted by Crippen LogP contribution is 2.29. The number of aromatic amines is 1. The fourth-order valence-corrected chi connectivity index (χ4v) is 3.43. The van der Waals surface area contributed by atoms with Gasteiger partial charge in [-0.3, -0.25) is 14.7 Å². The van der Waals surface area contributed by atoms with Crippen LogP contribution in [0.4, 0.5) is 10.5 Å². The van der Waals surface area contributed by atoms with Crippen molar-refractivity contribution in [1.82, 2.24) is 15.5 Å². The topological polar surface area (TPSA) is 142 Å². The number of nitrogens with one attached hydrogen (secondary N) is 3. The van der Waals surface area contributed by atoms with E-state index in [1.165, 1.54) is 0 Å². The number of urea groups is 1. The molecule has 0 saturated heterocycles. The van der Waals surface area contributed by atoms with Crippen LogP contribution in [0.5, 0.6) is 0 Å². The van der Waals surface area contributed by atoms with Crippen LogP contribution >= 0.6 is 0 Å². The zero-order valence-corrected chi connectivity index (χ0v) is 15.5.